The quantitative estimate of drug-likeness (QED) is 0.598. The highest BCUT2D eigenvalue weighted by atomic mass is 35.5. The molecule has 0 amide bonds. The zero-order valence-electron chi connectivity index (χ0n) is 16.9. The fourth-order valence-corrected chi connectivity index (χ4v) is 3.15. The number of pyridine rings is 1. The molecule has 9 heteroatoms. The van der Waals surface area contributed by atoms with Crippen LogP contribution in [-0.4, -0.2) is 46.4 Å². The number of carbonyl (C=O) groups excluding carboxylic acids is 1. The van der Waals surface area contributed by atoms with E-state index in [0.29, 0.717) is 12.4 Å². The molecule has 3 rings (SSSR count). The monoisotopic (exact) mass is 447 g/mol. The van der Waals surface area contributed by atoms with Crippen LogP contribution in [-0.2, 0) is 9.53 Å². The van der Waals surface area contributed by atoms with Gasteiger partial charge in [-0.15, -0.1) is 0 Å². The second kappa shape index (κ2) is 10.4. The van der Waals surface area contributed by atoms with E-state index >= 15 is 0 Å². The van der Waals surface area contributed by atoms with Crippen molar-refractivity contribution >= 4 is 23.1 Å². The van der Waals surface area contributed by atoms with E-state index in [-0.39, 0.29) is 29.8 Å². The summed E-state index contributed by atoms with van der Waals surface area (Å²) in [6, 6.07) is 7.60. The highest BCUT2D eigenvalue weighted by Gasteiger charge is 2.20. The fraction of sp³-hybridized carbons (Fsp3) is 0.273. The molecule has 0 saturated heterocycles. The van der Waals surface area contributed by atoms with Crippen molar-refractivity contribution in [1.29, 1.82) is 0 Å². The molecule has 31 heavy (non-hydrogen) atoms. The average Bonchev–Trinajstić information content (AvgIpc) is 2.72. The third-order valence-electron chi connectivity index (χ3n) is 4.45. The first-order chi connectivity index (χ1) is 14.9. The van der Waals surface area contributed by atoms with Crippen molar-refractivity contribution in [3.8, 4) is 11.6 Å². The number of carbonyl (C=O) groups is 1. The lowest BCUT2D eigenvalue weighted by Gasteiger charge is -2.30. The number of halogens is 2. The molecule has 2 atom stereocenters. The molecule has 0 saturated carbocycles. The molecular formula is C22H23ClFN3O4. The number of aliphatic hydroxyl groups is 1. The van der Waals surface area contributed by atoms with Gasteiger partial charge in [-0.2, -0.15) is 0 Å². The van der Waals surface area contributed by atoms with Crippen LogP contribution in [0.15, 0.2) is 54.9 Å². The Morgan fingerprint density at radius 2 is 2.13 bits per heavy atom. The number of esters is 1. The fourth-order valence-electron chi connectivity index (χ4n) is 3.00. The Morgan fingerprint density at radius 1 is 1.39 bits per heavy atom. The van der Waals surface area contributed by atoms with Crippen LogP contribution in [0.2, 0.25) is 5.02 Å². The van der Waals surface area contributed by atoms with E-state index < -0.39 is 18.1 Å². The Bertz CT molecular complexity index is 981. The van der Waals surface area contributed by atoms with E-state index in [9.17, 15) is 14.3 Å². The van der Waals surface area contributed by atoms with Gasteiger partial charge in [-0.25, -0.2) is 9.37 Å². The molecule has 1 aliphatic rings. The van der Waals surface area contributed by atoms with Crippen molar-refractivity contribution in [2.45, 2.75) is 25.6 Å². The van der Waals surface area contributed by atoms with Crippen LogP contribution < -0.4 is 10.5 Å². The standard InChI is InChI=1S/C22H23ClFN3O4/c1-2-30-21(29)10-17(25)13-27-12-15(5-8-20(27)28)14-3-6-18(7-4-14)31-22-19(24)9-16(23)11-26-22/h3-9,11-12,17,20,28H,2,10,13,25H2,1H3. The third kappa shape index (κ3) is 6.27. The summed E-state index contributed by atoms with van der Waals surface area (Å²) in [4.78, 5) is 17.1. The Labute approximate surface area is 184 Å². The van der Waals surface area contributed by atoms with E-state index in [1.54, 1.807) is 54.4 Å². The van der Waals surface area contributed by atoms with E-state index in [1.807, 2.05) is 0 Å². The summed E-state index contributed by atoms with van der Waals surface area (Å²) < 4.78 is 24.2. The molecule has 0 aliphatic carbocycles. The molecule has 1 aliphatic heterocycles. The van der Waals surface area contributed by atoms with Gasteiger partial charge in [0.1, 0.15) is 12.0 Å². The van der Waals surface area contributed by atoms with Crippen molar-refractivity contribution < 1.29 is 23.8 Å². The first-order valence-corrected chi connectivity index (χ1v) is 10.1. The van der Waals surface area contributed by atoms with Gasteiger partial charge < -0.3 is 25.2 Å². The normalized spacial score (nSPS) is 16.6. The SMILES string of the molecule is CCOC(=O)CC(N)CN1C=C(c2ccc(Oc3ncc(Cl)cc3F)cc2)C=CC1O. The van der Waals surface area contributed by atoms with Crippen LogP contribution in [0.1, 0.15) is 18.9 Å². The lowest BCUT2D eigenvalue weighted by molar-refractivity contribution is -0.143. The van der Waals surface area contributed by atoms with Crippen LogP contribution >= 0.6 is 11.6 Å². The molecule has 0 spiro atoms. The Kier molecular flexibility index (Phi) is 7.62. The summed E-state index contributed by atoms with van der Waals surface area (Å²) in [7, 11) is 0. The number of aliphatic hydroxyl groups excluding tert-OH is 1. The number of benzene rings is 1. The lowest BCUT2D eigenvalue weighted by Crippen LogP contribution is -2.41. The molecule has 2 heterocycles. The Balaban J connectivity index is 1.67. The van der Waals surface area contributed by atoms with Gasteiger partial charge in [-0.05, 0) is 42.3 Å². The summed E-state index contributed by atoms with van der Waals surface area (Å²) in [6.45, 7) is 2.30. The lowest BCUT2D eigenvalue weighted by atomic mass is 10.0. The van der Waals surface area contributed by atoms with Crippen molar-refractivity contribution in [1.82, 2.24) is 9.88 Å². The largest absolute Gasteiger partial charge is 0.466 e. The molecule has 0 fully saturated rings. The minimum atomic E-state index is -0.849. The molecule has 7 nitrogen and oxygen atoms in total. The molecular weight excluding hydrogens is 425 g/mol. The summed E-state index contributed by atoms with van der Waals surface area (Å²) in [5.41, 5.74) is 7.71. The van der Waals surface area contributed by atoms with Gasteiger partial charge in [-0.1, -0.05) is 29.8 Å². The van der Waals surface area contributed by atoms with Gasteiger partial charge in [0.2, 0.25) is 0 Å². The number of hydrogen-bond donors (Lipinski definition) is 2. The number of ether oxygens (including phenoxy) is 2. The first kappa shape index (κ1) is 22.7. The van der Waals surface area contributed by atoms with Crippen LogP contribution in [0.25, 0.3) is 5.57 Å². The maximum Gasteiger partial charge on any atom is 0.307 e. The summed E-state index contributed by atoms with van der Waals surface area (Å²) in [6.07, 6.45) is 5.70. The summed E-state index contributed by atoms with van der Waals surface area (Å²) in [5.74, 6) is -0.785. The second-order valence-corrected chi connectivity index (χ2v) is 7.33. The molecule has 2 aromatic rings. The molecule has 1 aromatic heterocycles. The molecule has 164 valence electrons. The first-order valence-electron chi connectivity index (χ1n) is 9.70. The number of rotatable bonds is 8. The smallest absolute Gasteiger partial charge is 0.307 e. The van der Waals surface area contributed by atoms with Crippen LogP contribution in [0.4, 0.5) is 4.39 Å². The number of allylic oxidation sites excluding steroid dienone is 2. The van der Waals surface area contributed by atoms with Crippen molar-refractivity contribution in [2.24, 2.45) is 5.73 Å². The highest BCUT2D eigenvalue weighted by molar-refractivity contribution is 6.30. The number of nitrogens with zero attached hydrogens (tertiary/aromatic N) is 2. The number of aromatic nitrogens is 1. The van der Waals surface area contributed by atoms with E-state index in [1.165, 1.54) is 6.20 Å². The zero-order valence-corrected chi connectivity index (χ0v) is 17.6. The van der Waals surface area contributed by atoms with Gasteiger partial charge >= 0.3 is 5.97 Å². The van der Waals surface area contributed by atoms with E-state index in [2.05, 4.69) is 4.98 Å². The summed E-state index contributed by atoms with van der Waals surface area (Å²) >= 11 is 5.70. The van der Waals surface area contributed by atoms with Gasteiger partial charge in [0.05, 0.1) is 18.1 Å². The molecule has 0 radical (unpaired) electrons. The predicted octanol–water partition coefficient (Wildman–Crippen LogP) is 3.48. The van der Waals surface area contributed by atoms with E-state index in [0.717, 1.165) is 17.2 Å². The third-order valence-corrected chi connectivity index (χ3v) is 4.66. The van der Waals surface area contributed by atoms with Crippen LogP contribution in [0, 0.1) is 5.82 Å². The van der Waals surface area contributed by atoms with Gasteiger partial charge in [0.25, 0.3) is 5.88 Å². The number of nitrogens with two attached hydrogens (primary N) is 1. The van der Waals surface area contributed by atoms with Gasteiger partial charge in [0, 0.05) is 25.0 Å². The Hall–Kier alpha value is -2.94. The molecule has 3 N–H and O–H groups in total. The minimum absolute atomic E-state index is 0.0608. The number of hydrogen-bond acceptors (Lipinski definition) is 7. The van der Waals surface area contributed by atoms with Crippen molar-refractivity contribution in [2.75, 3.05) is 13.2 Å². The average molecular weight is 448 g/mol. The van der Waals surface area contributed by atoms with E-state index in [4.69, 9.17) is 26.8 Å². The van der Waals surface area contributed by atoms with Gasteiger partial charge in [-0.3, -0.25) is 4.79 Å². The minimum Gasteiger partial charge on any atom is -0.466 e. The van der Waals surface area contributed by atoms with Crippen molar-refractivity contribution in [3.63, 3.8) is 0 Å². The second-order valence-electron chi connectivity index (χ2n) is 6.89. The van der Waals surface area contributed by atoms with Crippen molar-refractivity contribution in [3.05, 3.63) is 71.3 Å². The van der Waals surface area contributed by atoms with Crippen LogP contribution in [0.3, 0.4) is 0 Å². The highest BCUT2D eigenvalue weighted by Crippen LogP contribution is 2.27. The molecule has 0 bridgehead atoms. The Morgan fingerprint density at radius 3 is 2.81 bits per heavy atom. The van der Waals surface area contributed by atoms with Gasteiger partial charge in [0.15, 0.2) is 5.82 Å². The molecule has 1 aromatic carbocycles. The predicted molar refractivity (Wildman–Crippen MR) is 115 cm³/mol. The summed E-state index contributed by atoms with van der Waals surface area (Å²) in [5, 5.41) is 10.4. The van der Waals surface area contributed by atoms with Crippen LogP contribution in [0.5, 0.6) is 11.6 Å². The molecule has 2 unspecified atom stereocenters. The maximum atomic E-state index is 13.9. The zero-order chi connectivity index (χ0) is 22.4. The topological polar surface area (TPSA) is 97.9 Å². The maximum absolute atomic E-state index is 13.9.